The minimum absolute atomic E-state index is 0.400. The van der Waals surface area contributed by atoms with Crippen molar-refractivity contribution in [3.8, 4) is 5.75 Å². The van der Waals surface area contributed by atoms with E-state index in [-0.39, 0.29) is 0 Å². The summed E-state index contributed by atoms with van der Waals surface area (Å²) >= 11 is 0. The number of hydrogen-bond donors (Lipinski definition) is 1. The Balaban J connectivity index is 1.82. The topological polar surface area (TPSA) is 64.6 Å². The monoisotopic (exact) mass is 331 g/mol. The van der Waals surface area contributed by atoms with Gasteiger partial charge in [-0.1, -0.05) is 25.1 Å². The fourth-order valence-corrected chi connectivity index (χ4v) is 1.92. The molecule has 0 spiro atoms. The second-order valence-corrected chi connectivity index (χ2v) is 4.99. The molecule has 126 valence electrons. The van der Waals surface area contributed by atoms with Gasteiger partial charge < -0.3 is 14.8 Å². The summed E-state index contributed by atoms with van der Waals surface area (Å²) in [6, 6.07) is 14.2. The van der Waals surface area contributed by atoms with Gasteiger partial charge in [0.1, 0.15) is 11.6 Å². The Morgan fingerprint density at radius 1 is 1.08 bits per heavy atom. The molecule has 0 fully saturated rings. The second kappa shape index (κ2) is 8.67. The van der Waals surface area contributed by atoms with Crippen LogP contribution in [0.5, 0.6) is 5.75 Å². The van der Waals surface area contributed by atoms with Gasteiger partial charge in [0.15, 0.2) is 12.7 Å². The molecule has 6 heteroatoms. The number of carbonyl (C=O) groups is 2. The van der Waals surface area contributed by atoms with Gasteiger partial charge in [0, 0.05) is 5.69 Å². The van der Waals surface area contributed by atoms with E-state index in [4.69, 9.17) is 9.47 Å². The molecule has 0 bridgehead atoms. The Morgan fingerprint density at radius 2 is 1.75 bits per heavy atom. The van der Waals surface area contributed by atoms with E-state index in [2.05, 4.69) is 5.32 Å². The molecule has 2 aromatic carbocycles. The lowest BCUT2D eigenvalue weighted by atomic mass is 10.2. The molecular weight excluding hydrogens is 313 g/mol. The van der Waals surface area contributed by atoms with E-state index in [9.17, 15) is 14.0 Å². The lowest BCUT2D eigenvalue weighted by molar-refractivity contribution is -0.154. The molecule has 0 aliphatic heterocycles. The van der Waals surface area contributed by atoms with Gasteiger partial charge >= 0.3 is 5.97 Å². The zero-order valence-corrected chi connectivity index (χ0v) is 13.2. The van der Waals surface area contributed by atoms with E-state index in [1.54, 1.807) is 31.2 Å². The molecule has 2 aromatic rings. The fraction of sp³-hybridized carbons (Fsp3) is 0.222. The second-order valence-electron chi connectivity index (χ2n) is 4.99. The highest BCUT2D eigenvalue weighted by Gasteiger charge is 2.21. The van der Waals surface area contributed by atoms with E-state index in [1.807, 2.05) is 6.07 Å². The highest BCUT2D eigenvalue weighted by atomic mass is 19.1. The molecule has 2 rings (SSSR count). The summed E-state index contributed by atoms with van der Waals surface area (Å²) in [6.07, 6.45) is -0.376. The number of rotatable bonds is 7. The molecule has 0 aliphatic carbocycles. The fourth-order valence-electron chi connectivity index (χ4n) is 1.92. The summed E-state index contributed by atoms with van der Waals surface area (Å²) in [5, 5.41) is 2.51. The third-order valence-electron chi connectivity index (χ3n) is 3.13. The van der Waals surface area contributed by atoms with Crippen LogP contribution in [0.25, 0.3) is 0 Å². The Hall–Kier alpha value is -2.89. The number of benzene rings is 2. The van der Waals surface area contributed by atoms with Crippen molar-refractivity contribution in [1.82, 2.24) is 0 Å². The molecule has 1 atom stereocenters. The van der Waals surface area contributed by atoms with Crippen LogP contribution < -0.4 is 10.1 Å². The molecule has 24 heavy (non-hydrogen) atoms. The van der Waals surface area contributed by atoms with Crippen molar-refractivity contribution in [1.29, 1.82) is 0 Å². The summed E-state index contributed by atoms with van der Waals surface area (Å²) < 4.78 is 23.3. The molecule has 5 nitrogen and oxygen atoms in total. The van der Waals surface area contributed by atoms with E-state index in [0.717, 1.165) is 0 Å². The summed E-state index contributed by atoms with van der Waals surface area (Å²) in [7, 11) is 0. The van der Waals surface area contributed by atoms with Gasteiger partial charge in [-0.3, -0.25) is 4.79 Å². The van der Waals surface area contributed by atoms with Crippen molar-refractivity contribution in [3.63, 3.8) is 0 Å². The van der Waals surface area contributed by atoms with Gasteiger partial charge in [0.2, 0.25) is 0 Å². The van der Waals surface area contributed by atoms with Crippen LogP contribution in [0.15, 0.2) is 54.6 Å². The molecule has 0 aromatic heterocycles. The molecule has 0 saturated heterocycles. The molecule has 1 amide bonds. The summed E-state index contributed by atoms with van der Waals surface area (Å²) in [6.45, 7) is 1.35. The quantitative estimate of drug-likeness (QED) is 0.792. The number of ether oxygens (including phenoxy) is 2. The number of esters is 1. The lowest BCUT2D eigenvalue weighted by Crippen LogP contribution is -2.31. The van der Waals surface area contributed by atoms with Gasteiger partial charge in [-0.2, -0.15) is 0 Å². The molecule has 1 N–H and O–H groups in total. The Bertz CT molecular complexity index is 673. The van der Waals surface area contributed by atoms with Crippen LogP contribution in [0.3, 0.4) is 0 Å². The van der Waals surface area contributed by atoms with Gasteiger partial charge in [-0.25, -0.2) is 9.18 Å². The maximum absolute atomic E-state index is 12.8. The van der Waals surface area contributed by atoms with E-state index >= 15 is 0 Å². The standard InChI is InChI=1S/C18H18FNO4/c1-2-16(24-15-6-4-3-5-7-15)18(22)23-12-17(21)20-14-10-8-13(19)9-11-14/h3-11,16H,2,12H2,1H3,(H,20,21)/t16-/m0/s1. The molecule has 0 radical (unpaired) electrons. The van der Waals surface area contributed by atoms with Crippen molar-refractivity contribution < 1.29 is 23.5 Å². The van der Waals surface area contributed by atoms with Crippen LogP contribution in [-0.2, 0) is 14.3 Å². The SMILES string of the molecule is CC[C@H](Oc1ccccc1)C(=O)OCC(=O)Nc1ccc(F)cc1. The van der Waals surface area contributed by atoms with Crippen LogP contribution in [0.2, 0.25) is 0 Å². The van der Waals surface area contributed by atoms with Crippen LogP contribution in [0.1, 0.15) is 13.3 Å². The first kappa shape index (κ1) is 17.5. The first-order valence-corrected chi connectivity index (χ1v) is 7.52. The van der Waals surface area contributed by atoms with Crippen LogP contribution in [0, 0.1) is 5.82 Å². The number of halogens is 1. The van der Waals surface area contributed by atoms with Gasteiger partial charge in [0.05, 0.1) is 0 Å². The van der Waals surface area contributed by atoms with Crippen molar-refractivity contribution >= 4 is 17.6 Å². The number of para-hydroxylation sites is 1. The minimum atomic E-state index is -0.786. The number of carbonyl (C=O) groups excluding carboxylic acids is 2. The zero-order chi connectivity index (χ0) is 17.4. The number of anilines is 1. The maximum atomic E-state index is 12.8. The largest absolute Gasteiger partial charge is 0.479 e. The van der Waals surface area contributed by atoms with Crippen LogP contribution in [-0.4, -0.2) is 24.6 Å². The Labute approximate surface area is 139 Å². The van der Waals surface area contributed by atoms with Gasteiger partial charge in [-0.05, 0) is 42.8 Å². The smallest absolute Gasteiger partial charge is 0.347 e. The average molecular weight is 331 g/mol. The van der Waals surface area contributed by atoms with Crippen molar-refractivity contribution in [2.75, 3.05) is 11.9 Å². The molecular formula is C18H18FNO4. The third kappa shape index (κ3) is 5.39. The lowest BCUT2D eigenvalue weighted by Gasteiger charge is -2.16. The third-order valence-corrected chi connectivity index (χ3v) is 3.13. The highest BCUT2D eigenvalue weighted by Crippen LogP contribution is 2.13. The zero-order valence-electron chi connectivity index (χ0n) is 13.2. The number of nitrogens with one attached hydrogen (secondary N) is 1. The van der Waals surface area contributed by atoms with Crippen molar-refractivity contribution in [2.45, 2.75) is 19.4 Å². The van der Waals surface area contributed by atoms with Crippen molar-refractivity contribution in [2.24, 2.45) is 0 Å². The van der Waals surface area contributed by atoms with Gasteiger partial charge in [-0.15, -0.1) is 0 Å². The Morgan fingerprint density at radius 3 is 2.38 bits per heavy atom. The average Bonchev–Trinajstić information content (AvgIpc) is 2.60. The summed E-state index contributed by atoms with van der Waals surface area (Å²) in [5.74, 6) is -0.972. The predicted molar refractivity (Wildman–Crippen MR) is 87.1 cm³/mol. The summed E-state index contributed by atoms with van der Waals surface area (Å²) in [4.78, 5) is 23.8. The Kier molecular flexibility index (Phi) is 6.31. The maximum Gasteiger partial charge on any atom is 0.347 e. The van der Waals surface area contributed by atoms with E-state index in [1.165, 1.54) is 24.3 Å². The normalized spacial score (nSPS) is 11.4. The van der Waals surface area contributed by atoms with Gasteiger partial charge in [0.25, 0.3) is 5.91 Å². The molecule has 0 saturated carbocycles. The number of amides is 1. The van der Waals surface area contributed by atoms with Crippen LogP contribution >= 0.6 is 0 Å². The van der Waals surface area contributed by atoms with E-state index in [0.29, 0.717) is 17.9 Å². The molecule has 0 unspecified atom stereocenters. The van der Waals surface area contributed by atoms with Crippen molar-refractivity contribution in [3.05, 3.63) is 60.4 Å². The first-order valence-electron chi connectivity index (χ1n) is 7.52. The highest BCUT2D eigenvalue weighted by molar-refractivity contribution is 5.93. The number of hydrogen-bond acceptors (Lipinski definition) is 4. The minimum Gasteiger partial charge on any atom is -0.479 e. The van der Waals surface area contributed by atoms with E-state index < -0.39 is 30.4 Å². The molecule has 0 heterocycles. The first-order chi connectivity index (χ1) is 11.6. The predicted octanol–water partition coefficient (Wildman–Crippen LogP) is 3.17. The summed E-state index contributed by atoms with van der Waals surface area (Å²) in [5.41, 5.74) is 0.421. The molecule has 0 aliphatic rings. The van der Waals surface area contributed by atoms with Crippen LogP contribution in [0.4, 0.5) is 10.1 Å².